The van der Waals surface area contributed by atoms with Crippen molar-refractivity contribution < 1.29 is 4.79 Å². The fourth-order valence-electron chi connectivity index (χ4n) is 1.18. The number of carbonyl (C=O) groups is 1. The molecule has 0 spiro atoms. The Morgan fingerprint density at radius 3 is 2.78 bits per heavy atom. The highest BCUT2D eigenvalue weighted by Crippen LogP contribution is 2.21. The van der Waals surface area contributed by atoms with Crippen LogP contribution < -0.4 is 16.5 Å². The topological polar surface area (TPSA) is 79.5 Å². The molecule has 4 N–H and O–H groups in total. The van der Waals surface area contributed by atoms with Crippen LogP contribution >= 0.6 is 28.1 Å². The molecule has 96 valence electrons. The first-order chi connectivity index (χ1) is 8.49. The number of thiocarbonyl (C=S) groups is 1. The zero-order valence-electron chi connectivity index (χ0n) is 9.74. The lowest BCUT2D eigenvalue weighted by molar-refractivity contribution is -0.115. The summed E-state index contributed by atoms with van der Waals surface area (Å²) < 4.78 is 0.828. The molecule has 0 aliphatic heterocycles. The Morgan fingerprint density at radius 2 is 2.17 bits per heavy atom. The smallest absolute Gasteiger partial charge is 0.230 e. The van der Waals surface area contributed by atoms with Crippen molar-refractivity contribution >= 4 is 50.6 Å². The number of hydrogen-bond donors (Lipinski definition) is 3. The van der Waals surface area contributed by atoms with E-state index in [-0.39, 0.29) is 17.4 Å². The maximum absolute atomic E-state index is 11.7. The van der Waals surface area contributed by atoms with Crippen LogP contribution in [0.1, 0.15) is 13.3 Å². The van der Waals surface area contributed by atoms with Gasteiger partial charge in [0.1, 0.15) is 0 Å². The van der Waals surface area contributed by atoms with E-state index in [2.05, 4.69) is 44.0 Å². The Bertz CT molecular complexity index is 490. The molecular weight excluding hydrogens is 316 g/mol. The molecular formula is C11H13BrN4OS. The normalized spacial score (nSPS) is 10.9. The summed E-state index contributed by atoms with van der Waals surface area (Å²) in [5.74, 6) is -0.159. The van der Waals surface area contributed by atoms with Crippen LogP contribution in [0.15, 0.2) is 33.8 Å². The zero-order chi connectivity index (χ0) is 13.5. The minimum absolute atomic E-state index is 0.0700. The quantitative estimate of drug-likeness (QED) is 0.448. The molecule has 1 amide bonds. The molecule has 5 nitrogen and oxygen atoms in total. The third-order valence-corrected chi connectivity index (χ3v) is 2.70. The van der Waals surface area contributed by atoms with Crippen LogP contribution in [0.5, 0.6) is 0 Å². The molecule has 1 rings (SSSR count). The van der Waals surface area contributed by atoms with Crippen molar-refractivity contribution in [3.05, 3.63) is 28.7 Å². The van der Waals surface area contributed by atoms with Crippen LogP contribution in [0.3, 0.4) is 0 Å². The average molecular weight is 329 g/mol. The molecule has 0 saturated carbocycles. The Hall–Kier alpha value is -1.47. The molecule has 0 aliphatic rings. The summed E-state index contributed by atoms with van der Waals surface area (Å²) in [6, 6.07) is 7.38. The Morgan fingerprint density at radius 1 is 1.50 bits per heavy atom. The van der Waals surface area contributed by atoms with Crippen LogP contribution in [-0.2, 0) is 4.79 Å². The van der Waals surface area contributed by atoms with Crippen molar-refractivity contribution in [3.63, 3.8) is 0 Å². The number of hydrogen-bond acceptors (Lipinski definition) is 3. The molecule has 7 heteroatoms. The van der Waals surface area contributed by atoms with E-state index < -0.39 is 0 Å². The van der Waals surface area contributed by atoms with E-state index in [1.54, 1.807) is 6.92 Å². The van der Waals surface area contributed by atoms with E-state index in [0.717, 1.165) is 10.2 Å². The lowest BCUT2D eigenvalue weighted by Crippen LogP contribution is -2.26. The van der Waals surface area contributed by atoms with Crippen molar-refractivity contribution in [2.75, 3.05) is 5.32 Å². The van der Waals surface area contributed by atoms with Gasteiger partial charge in [-0.2, -0.15) is 5.10 Å². The lowest BCUT2D eigenvalue weighted by atomic mass is 10.2. The summed E-state index contributed by atoms with van der Waals surface area (Å²) in [6.07, 6.45) is 0.164. The van der Waals surface area contributed by atoms with Crippen LogP contribution in [0, 0.1) is 0 Å². The fourth-order valence-corrected chi connectivity index (χ4v) is 1.61. The van der Waals surface area contributed by atoms with Crippen molar-refractivity contribution in [2.24, 2.45) is 10.8 Å². The predicted molar refractivity (Wildman–Crippen MR) is 80.4 cm³/mol. The van der Waals surface area contributed by atoms with E-state index in [1.165, 1.54) is 0 Å². The molecule has 0 radical (unpaired) electrons. The molecule has 1 aromatic carbocycles. The van der Waals surface area contributed by atoms with E-state index in [9.17, 15) is 4.79 Å². The summed E-state index contributed by atoms with van der Waals surface area (Å²) in [5, 5.41) is 6.70. The number of benzene rings is 1. The number of hydrazone groups is 1. The number of para-hydroxylation sites is 1. The third-order valence-electron chi connectivity index (χ3n) is 1.92. The van der Waals surface area contributed by atoms with Gasteiger partial charge in [0.05, 0.1) is 12.1 Å². The van der Waals surface area contributed by atoms with Gasteiger partial charge >= 0.3 is 0 Å². The number of nitrogens with one attached hydrogen (secondary N) is 2. The molecule has 0 saturated heterocycles. The minimum Gasteiger partial charge on any atom is -0.375 e. The first kappa shape index (κ1) is 14.6. The number of nitrogens with two attached hydrogens (primary N) is 1. The molecule has 0 unspecified atom stereocenters. The second-order valence-corrected chi connectivity index (χ2v) is 4.82. The van der Waals surface area contributed by atoms with E-state index in [4.69, 9.17) is 5.73 Å². The third kappa shape index (κ3) is 5.24. The standard InChI is InChI=1S/C11H13BrN4OS/c1-7(15-16-11(13)18)6-10(17)14-9-5-3-2-4-8(9)12/h2-5H,6H2,1H3,(H,14,17)(H3,13,16,18)/b15-7+. The highest BCUT2D eigenvalue weighted by Gasteiger charge is 2.06. The monoisotopic (exact) mass is 328 g/mol. The van der Waals surface area contributed by atoms with Crippen molar-refractivity contribution in [3.8, 4) is 0 Å². The van der Waals surface area contributed by atoms with Gasteiger partial charge in [-0.3, -0.25) is 10.2 Å². The highest BCUT2D eigenvalue weighted by molar-refractivity contribution is 9.10. The van der Waals surface area contributed by atoms with E-state index in [0.29, 0.717) is 5.71 Å². The first-order valence-corrected chi connectivity index (χ1v) is 6.32. The largest absolute Gasteiger partial charge is 0.375 e. The van der Waals surface area contributed by atoms with Crippen LogP contribution in [-0.4, -0.2) is 16.7 Å². The summed E-state index contributed by atoms with van der Waals surface area (Å²) >= 11 is 7.95. The molecule has 1 aromatic rings. The first-order valence-electron chi connectivity index (χ1n) is 5.12. The number of halogens is 1. The molecule has 0 fully saturated rings. The van der Waals surface area contributed by atoms with Gasteiger partial charge in [0.25, 0.3) is 0 Å². The van der Waals surface area contributed by atoms with Gasteiger partial charge in [0.2, 0.25) is 5.91 Å². The average Bonchev–Trinajstić information content (AvgIpc) is 2.29. The maximum atomic E-state index is 11.7. The van der Waals surface area contributed by atoms with Crippen LogP contribution in [0.2, 0.25) is 0 Å². The number of nitrogens with zero attached hydrogens (tertiary/aromatic N) is 1. The van der Waals surface area contributed by atoms with Gasteiger partial charge in [0.15, 0.2) is 5.11 Å². The molecule has 0 bridgehead atoms. The summed E-state index contributed by atoms with van der Waals surface area (Å²) in [4.78, 5) is 11.7. The fraction of sp³-hybridized carbons (Fsp3) is 0.182. The Kier molecular flexibility index (Phi) is 5.73. The van der Waals surface area contributed by atoms with Gasteiger partial charge in [0, 0.05) is 10.2 Å². The van der Waals surface area contributed by atoms with E-state index in [1.807, 2.05) is 24.3 Å². The summed E-state index contributed by atoms with van der Waals surface area (Å²) in [7, 11) is 0. The Balaban J connectivity index is 2.55. The number of rotatable bonds is 4. The van der Waals surface area contributed by atoms with Crippen LogP contribution in [0.4, 0.5) is 5.69 Å². The molecule has 18 heavy (non-hydrogen) atoms. The number of amides is 1. The van der Waals surface area contributed by atoms with Gasteiger partial charge in [-0.25, -0.2) is 0 Å². The molecule has 0 heterocycles. The van der Waals surface area contributed by atoms with Gasteiger partial charge in [-0.15, -0.1) is 0 Å². The van der Waals surface area contributed by atoms with Crippen molar-refractivity contribution in [2.45, 2.75) is 13.3 Å². The highest BCUT2D eigenvalue weighted by atomic mass is 79.9. The number of anilines is 1. The second-order valence-electron chi connectivity index (χ2n) is 3.53. The molecule has 0 aliphatic carbocycles. The van der Waals surface area contributed by atoms with E-state index >= 15 is 0 Å². The summed E-state index contributed by atoms with van der Waals surface area (Å²) in [5.41, 5.74) is 8.97. The van der Waals surface area contributed by atoms with Crippen molar-refractivity contribution in [1.82, 2.24) is 5.43 Å². The minimum atomic E-state index is -0.159. The maximum Gasteiger partial charge on any atom is 0.230 e. The second kappa shape index (κ2) is 7.07. The summed E-state index contributed by atoms with van der Waals surface area (Å²) in [6.45, 7) is 1.71. The molecule has 0 aromatic heterocycles. The lowest BCUT2D eigenvalue weighted by Gasteiger charge is -2.07. The van der Waals surface area contributed by atoms with Gasteiger partial charge in [-0.1, -0.05) is 12.1 Å². The Labute approximate surface area is 119 Å². The van der Waals surface area contributed by atoms with Crippen molar-refractivity contribution in [1.29, 1.82) is 0 Å². The predicted octanol–water partition coefficient (Wildman–Crippen LogP) is 1.99. The van der Waals surface area contributed by atoms with Gasteiger partial charge in [-0.05, 0) is 47.2 Å². The SMILES string of the molecule is C/C(CC(=O)Nc1ccccc1Br)=N\NC(N)=S. The molecule has 0 atom stereocenters. The van der Waals surface area contributed by atoms with Crippen LogP contribution in [0.25, 0.3) is 0 Å². The zero-order valence-corrected chi connectivity index (χ0v) is 12.1. The van der Waals surface area contributed by atoms with Gasteiger partial charge < -0.3 is 11.1 Å². The number of carbonyl (C=O) groups excluding carboxylic acids is 1.